The van der Waals surface area contributed by atoms with Gasteiger partial charge in [-0.15, -0.1) is 0 Å². The van der Waals surface area contributed by atoms with Crippen LogP contribution in [0.5, 0.6) is 0 Å². The van der Waals surface area contributed by atoms with Crippen molar-refractivity contribution in [3.05, 3.63) is 23.0 Å². The maximum absolute atomic E-state index is 9.50. The van der Waals surface area contributed by atoms with Crippen molar-refractivity contribution in [3.8, 4) is 0 Å². The van der Waals surface area contributed by atoms with Crippen LogP contribution in [0.25, 0.3) is 0 Å². The van der Waals surface area contributed by atoms with Gasteiger partial charge in [0.1, 0.15) is 0 Å². The van der Waals surface area contributed by atoms with Crippen LogP contribution < -0.4 is 5.32 Å². The number of aliphatic hydroxyl groups is 1. The molecule has 1 heterocycles. The van der Waals surface area contributed by atoms with E-state index in [0.29, 0.717) is 5.92 Å². The Kier molecular flexibility index (Phi) is 4.46. The third kappa shape index (κ3) is 2.96. The maximum atomic E-state index is 9.50. The van der Waals surface area contributed by atoms with Crippen LogP contribution in [0, 0.1) is 19.8 Å². The van der Waals surface area contributed by atoms with Crippen molar-refractivity contribution in [2.24, 2.45) is 5.92 Å². The van der Waals surface area contributed by atoms with E-state index in [0.717, 1.165) is 32.5 Å². The molecule has 2 rings (SSSR count). The summed E-state index contributed by atoms with van der Waals surface area (Å²) in [6.07, 6.45) is 3.07. The van der Waals surface area contributed by atoms with E-state index in [-0.39, 0.29) is 6.10 Å². The largest absolute Gasteiger partial charge is 0.393 e. The van der Waals surface area contributed by atoms with E-state index in [1.165, 1.54) is 23.4 Å². The fourth-order valence-electron chi connectivity index (χ4n) is 3.18. The molecule has 0 aromatic carbocycles. The average molecular weight is 250 g/mol. The van der Waals surface area contributed by atoms with Gasteiger partial charge in [-0.2, -0.15) is 0 Å². The molecule has 0 radical (unpaired) electrons. The number of aliphatic hydroxyl groups excluding tert-OH is 1. The van der Waals surface area contributed by atoms with Gasteiger partial charge in [0, 0.05) is 24.5 Å². The van der Waals surface area contributed by atoms with Crippen molar-refractivity contribution in [3.63, 3.8) is 0 Å². The minimum Gasteiger partial charge on any atom is -0.393 e. The van der Waals surface area contributed by atoms with Gasteiger partial charge in [-0.05, 0) is 64.1 Å². The van der Waals surface area contributed by atoms with Crippen molar-refractivity contribution in [1.29, 1.82) is 0 Å². The molecule has 1 aliphatic carbocycles. The predicted molar refractivity (Wildman–Crippen MR) is 74.6 cm³/mol. The van der Waals surface area contributed by atoms with Crippen molar-refractivity contribution in [2.45, 2.75) is 59.2 Å². The normalized spacial score (nSPS) is 23.8. The SMILES string of the molecule is CCn1c(C)cc(CNCC2CCC(O)C2)c1C. The molecule has 3 heteroatoms. The van der Waals surface area contributed by atoms with Gasteiger partial charge in [0.15, 0.2) is 0 Å². The molecule has 1 aromatic heterocycles. The summed E-state index contributed by atoms with van der Waals surface area (Å²) in [7, 11) is 0. The van der Waals surface area contributed by atoms with Crippen molar-refractivity contribution in [2.75, 3.05) is 6.54 Å². The monoisotopic (exact) mass is 250 g/mol. The Bertz CT molecular complexity index is 397. The van der Waals surface area contributed by atoms with Crippen LogP contribution in [0.3, 0.4) is 0 Å². The molecule has 2 atom stereocenters. The van der Waals surface area contributed by atoms with Crippen LogP contribution in [0.15, 0.2) is 6.07 Å². The van der Waals surface area contributed by atoms with E-state index >= 15 is 0 Å². The number of nitrogens with one attached hydrogen (secondary N) is 1. The average Bonchev–Trinajstić information content (AvgIpc) is 2.85. The molecule has 18 heavy (non-hydrogen) atoms. The highest BCUT2D eigenvalue weighted by molar-refractivity contribution is 5.26. The van der Waals surface area contributed by atoms with E-state index < -0.39 is 0 Å². The Morgan fingerprint density at radius 1 is 1.39 bits per heavy atom. The van der Waals surface area contributed by atoms with Crippen LogP contribution in [-0.2, 0) is 13.1 Å². The zero-order chi connectivity index (χ0) is 13.1. The van der Waals surface area contributed by atoms with E-state index in [9.17, 15) is 5.11 Å². The second-order valence-electron chi connectivity index (χ2n) is 5.60. The summed E-state index contributed by atoms with van der Waals surface area (Å²) in [5.41, 5.74) is 4.14. The van der Waals surface area contributed by atoms with E-state index in [4.69, 9.17) is 0 Å². The topological polar surface area (TPSA) is 37.2 Å². The van der Waals surface area contributed by atoms with Crippen molar-refractivity contribution < 1.29 is 5.11 Å². The van der Waals surface area contributed by atoms with Crippen molar-refractivity contribution >= 4 is 0 Å². The number of aryl methyl sites for hydroxylation is 1. The van der Waals surface area contributed by atoms with Gasteiger partial charge < -0.3 is 15.0 Å². The number of nitrogens with zero attached hydrogens (tertiary/aromatic N) is 1. The predicted octanol–water partition coefficient (Wildman–Crippen LogP) is 2.38. The zero-order valence-electron chi connectivity index (χ0n) is 11.9. The summed E-state index contributed by atoms with van der Waals surface area (Å²) in [6.45, 7) is 9.60. The standard InChI is InChI=1S/C15H26N2O/c1-4-17-11(2)7-14(12(17)3)10-16-9-13-5-6-15(18)8-13/h7,13,15-16,18H,4-6,8-10H2,1-3H3. The Morgan fingerprint density at radius 3 is 2.72 bits per heavy atom. The molecule has 0 aliphatic heterocycles. The second-order valence-corrected chi connectivity index (χ2v) is 5.60. The summed E-state index contributed by atoms with van der Waals surface area (Å²) in [5, 5.41) is 13.0. The Labute approximate surface area is 110 Å². The van der Waals surface area contributed by atoms with Gasteiger partial charge in [-0.25, -0.2) is 0 Å². The van der Waals surface area contributed by atoms with Crippen molar-refractivity contribution in [1.82, 2.24) is 9.88 Å². The van der Waals surface area contributed by atoms with Crippen LogP contribution in [0.1, 0.15) is 43.1 Å². The van der Waals surface area contributed by atoms with E-state index in [2.05, 4.69) is 36.7 Å². The molecule has 0 bridgehead atoms. The second kappa shape index (κ2) is 5.89. The number of hydrogen-bond acceptors (Lipinski definition) is 2. The fourth-order valence-corrected chi connectivity index (χ4v) is 3.18. The van der Waals surface area contributed by atoms with Gasteiger partial charge in [0.2, 0.25) is 0 Å². The highest BCUT2D eigenvalue weighted by atomic mass is 16.3. The molecule has 1 aromatic rings. The van der Waals surface area contributed by atoms with Crippen LogP contribution in [-0.4, -0.2) is 22.3 Å². The van der Waals surface area contributed by atoms with E-state index in [1.807, 2.05) is 0 Å². The summed E-state index contributed by atoms with van der Waals surface area (Å²) < 4.78 is 2.36. The molecule has 2 N–H and O–H groups in total. The molecule has 0 amide bonds. The lowest BCUT2D eigenvalue weighted by atomic mass is 10.1. The summed E-state index contributed by atoms with van der Waals surface area (Å²) in [4.78, 5) is 0. The van der Waals surface area contributed by atoms with Crippen LogP contribution >= 0.6 is 0 Å². The van der Waals surface area contributed by atoms with Gasteiger partial charge >= 0.3 is 0 Å². The van der Waals surface area contributed by atoms with E-state index in [1.54, 1.807) is 0 Å². The molecule has 0 saturated heterocycles. The minimum absolute atomic E-state index is 0.0537. The Morgan fingerprint density at radius 2 is 2.17 bits per heavy atom. The van der Waals surface area contributed by atoms with Gasteiger partial charge in [-0.1, -0.05) is 0 Å². The number of rotatable bonds is 5. The zero-order valence-corrected chi connectivity index (χ0v) is 11.9. The Balaban J connectivity index is 1.83. The molecular weight excluding hydrogens is 224 g/mol. The molecule has 102 valence electrons. The highest BCUT2D eigenvalue weighted by Gasteiger charge is 2.22. The van der Waals surface area contributed by atoms with Gasteiger partial charge in [-0.3, -0.25) is 0 Å². The highest BCUT2D eigenvalue weighted by Crippen LogP contribution is 2.24. The minimum atomic E-state index is -0.0537. The third-order valence-electron chi connectivity index (χ3n) is 4.26. The Hall–Kier alpha value is -0.800. The first-order valence-electron chi connectivity index (χ1n) is 7.16. The lowest BCUT2D eigenvalue weighted by molar-refractivity contribution is 0.177. The van der Waals surface area contributed by atoms with Crippen LogP contribution in [0.2, 0.25) is 0 Å². The third-order valence-corrected chi connectivity index (χ3v) is 4.26. The lowest BCUT2D eigenvalue weighted by Crippen LogP contribution is -2.21. The molecule has 3 nitrogen and oxygen atoms in total. The molecule has 1 fully saturated rings. The van der Waals surface area contributed by atoms with Gasteiger partial charge in [0.25, 0.3) is 0 Å². The maximum Gasteiger partial charge on any atom is 0.0543 e. The number of aromatic nitrogens is 1. The molecular formula is C15H26N2O. The lowest BCUT2D eigenvalue weighted by Gasteiger charge is -2.11. The summed E-state index contributed by atoms with van der Waals surface area (Å²) in [6, 6.07) is 2.29. The van der Waals surface area contributed by atoms with Crippen LogP contribution in [0.4, 0.5) is 0 Å². The molecule has 1 saturated carbocycles. The first-order chi connectivity index (χ1) is 8.61. The first kappa shape index (κ1) is 13.6. The summed E-state index contributed by atoms with van der Waals surface area (Å²) >= 11 is 0. The molecule has 1 aliphatic rings. The smallest absolute Gasteiger partial charge is 0.0543 e. The first-order valence-corrected chi connectivity index (χ1v) is 7.16. The van der Waals surface area contributed by atoms with Gasteiger partial charge in [0.05, 0.1) is 6.10 Å². The molecule has 0 spiro atoms. The number of hydrogen-bond donors (Lipinski definition) is 2. The summed E-state index contributed by atoms with van der Waals surface area (Å²) in [5.74, 6) is 0.662. The fraction of sp³-hybridized carbons (Fsp3) is 0.733. The quantitative estimate of drug-likeness (QED) is 0.842. The molecule has 2 unspecified atom stereocenters.